The van der Waals surface area contributed by atoms with E-state index in [-0.39, 0.29) is 11.6 Å². The Hall–Kier alpha value is -0.0800. The molecule has 2 aliphatic carbocycles. The molecule has 0 aliphatic heterocycles. The maximum atomic E-state index is 6.68. The molecule has 2 N–H and O–H groups in total. The summed E-state index contributed by atoms with van der Waals surface area (Å²) in [6.07, 6.45) is 11.6. The molecule has 1 unspecified atom stereocenters. The van der Waals surface area contributed by atoms with E-state index in [1.54, 1.807) is 0 Å². The molecule has 0 radical (unpaired) electrons. The van der Waals surface area contributed by atoms with Crippen molar-refractivity contribution >= 4 is 0 Å². The Kier molecular flexibility index (Phi) is 5.30. The molecule has 0 amide bonds. The zero-order valence-corrected chi connectivity index (χ0v) is 13.2. The van der Waals surface area contributed by atoms with Gasteiger partial charge in [0.25, 0.3) is 0 Å². The second kappa shape index (κ2) is 6.58. The van der Waals surface area contributed by atoms with Crippen LogP contribution in [0, 0.1) is 17.8 Å². The largest absolute Gasteiger partial charge is 0.377 e. The molecule has 112 valence electrons. The van der Waals surface area contributed by atoms with Gasteiger partial charge >= 0.3 is 0 Å². The Morgan fingerprint density at radius 3 is 2.16 bits per heavy atom. The fourth-order valence-electron chi connectivity index (χ4n) is 4.31. The van der Waals surface area contributed by atoms with Gasteiger partial charge in [-0.05, 0) is 56.3 Å². The standard InChI is InChI=1S/C17H33NO/c1-4-14-5-7-15(8-6-14)16(18)17(19-3)11-9-13(2)10-12-17/h13-16H,4-12,18H2,1-3H3. The molecule has 0 aromatic heterocycles. The maximum Gasteiger partial charge on any atom is 0.0831 e. The summed E-state index contributed by atoms with van der Waals surface area (Å²) in [6.45, 7) is 4.68. The second-order valence-electron chi connectivity index (χ2n) is 7.17. The van der Waals surface area contributed by atoms with E-state index < -0.39 is 0 Å². The molecule has 1 atom stereocenters. The van der Waals surface area contributed by atoms with Crippen molar-refractivity contribution in [2.45, 2.75) is 83.3 Å². The molecule has 2 nitrogen and oxygen atoms in total. The van der Waals surface area contributed by atoms with Gasteiger partial charge in [0.05, 0.1) is 5.60 Å². The molecule has 0 bridgehead atoms. The van der Waals surface area contributed by atoms with Crippen LogP contribution in [-0.4, -0.2) is 18.8 Å². The highest BCUT2D eigenvalue weighted by Gasteiger charge is 2.43. The molecule has 2 rings (SSSR count). The van der Waals surface area contributed by atoms with Crippen LogP contribution in [0.3, 0.4) is 0 Å². The van der Waals surface area contributed by atoms with E-state index in [1.165, 1.54) is 57.8 Å². The van der Waals surface area contributed by atoms with Crippen molar-refractivity contribution < 1.29 is 4.74 Å². The van der Waals surface area contributed by atoms with Crippen molar-refractivity contribution in [1.82, 2.24) is 0 Å². The molecular weight excluding hydrogens is 234 g/mol. The van der Waals surface area contributed by atoms with Gasteiger partial charge < -0.3 is 10.5 Å². The number of hydrogen-bond acceptors (Lipinski definition) is 2. The van der Waals surface area contributed by atoms with Crippen LogP contribution in [0.15, 0.2) is 0 Å². The Morgan fingerprint density at radius 1 is 1.11 bits per heavy atom. The summed E-state index contributed by atoms with van der Waals surface area (Å²) < 4.78 is 5.97. The Balaban J connectivity index is 1.95. The molecule has 0 heterocycles. The summed E-state index contributed by atoms with van der Waals surface area (Å²) in [6, 6.07) is 0.253. The summed E-state index contributed by atoms with van der Waals surface area (Å²) in [7, 11) is 1.88. The van der Waals surface area contributed by atoms with Crippen LogP contribution in [0.2, 0.25) is 0 Å². The summed E-state index contributed by atoms with van der Waals surface area (Å²) in [5, 5.41) is 0. The lowest BCUT2D eigenvalue weighted by Crippen LogP contribution is -2.55. The van der Waals surface area contributed by atoms with E-state index in [0.29, 0.717) is 5.92 Å². The average Bonchev–Trinajstić information content (AvgIpc) is 2.48. The third-order valence-electron chi connectivity index (χ3n) is 6.11. The van der Waals surface area contributed by atoms with Crippen LogP contribution >= 0.6 is 0 Å². The normalized spacial score (nSPS) is 42.0. The van der Waals surface area contributed by atoms with Gasteiger partial charge in [0.15, 0.2) is 0 Å². The van der Waals surface area contributed by atoms with Crippen molar-refractivity contribution in [3.8, 4) is 0 Å². The molecule has 2 heteroatoms. The highest BCUT2D eigenvalue weighted by atomic mass is 16.5. The molecule has 2 saturated carbocycles. The first kappa shape index (κ1) is 15.3. The summed E-state index contributed by atoms with van der Waals surface area (Å²) in [5.41, 5.74) is 6.66. The Morgan fingerprint density at radius 2 is 1.68 bits per heavy atom. The summed E-state index contributed by atoms with van der Waals surface area (Å²) >= 11 is 0. The highest BCUT2D eigenvalue weighted by Crippen LogP contribution is 2.42. The van der Waals surface area contributed by atoms with Gasteiger partial charge in [0, 0.05) is 13.2 Å². The zero-order chi connectivity index (χ0) is 13.9. The van der Waals surface area contributed by atoms with Crippen molar-refractivity contribution in [3.05, 3.63) is 0 Å². The average molecular weight is 267 g/mol. The van der Waals surface area contributed by atoms with Crippen molar-refractivity contribution in [1.29, 1.82) is 0 Å². The molecule has 2 fully saturated rings. The monoisotopic (exact) mass is 267 g/mol. The van der Waals surface area contributed by atoms with Crippen LogP contribution in [0.25, 0.3) is 0 Å². The van der Waals surface area contributed by atoms with E-state index in [4.69, 9.17) is 10.5 Å². The van der Waals surface area contributed by atoms with Crippen LogP contribution in [0.5, 0.6) is 0 Å². The van der Waals surface area contributed by atoms with Gasteiger partial charge in [-0.3, -0.25) is 0 Å². The van der Waals surface area contributed by atoms with Crippen molar-refractivity contribution in [2.24, 2.45) is 23.5 Å². The van der Waals surface area contributed by atoms with Crippen molar-refractivity contribution in [3.63, 3.8) is 0 Å². The summed E-state index contributed by atoms with van der Waals surface area (Å²) in [5.74, 6) is 2.50. The molecule has 0 aromatic rings. The SMILES string of the molecule is CCC1CCC(C(N)C2(OC)CCC(C)CC2)CC1. The third-order valence-corrected chi connectivity index (χ3v) is 6.11. The smallest absolute Gasteiger partial charge is 0.0831 e. The Labute approximate surface area is 119 Å². The lowest BCUT2D eigenvalue weighted by atomic mass is 9.68. The lowest BCUT2D eigenvalue weighted by molar-refractivity contribution is -0.0828. The van der Waals surface area contributed by atoms with Gasteiger partial charge in [0.2, 0.25) is 0 Å². The molecule has 2 aliphatic rings. The van der Waals surface area contributed by atoms with Crippen LogP contribution in [0.1, 0.15) is 71.6 Å². The molecule has 0 spiro atoms. The topological polar surface area (TPSA) is 35.2 Å². The predicted octanol–water partition coefficient (Wildman–Crippen LogP) is 4.13. The maximum absolute atomic E-state index is 6.68. The second-order valence-corrected chi connectivity index (χ2v) is 7.17. The fraction of sp³-hybridized carbons (Fsp3) is 1.00. The highest BCUT2D eigenvalue weighted by molar-refractivity contribution is 4.98. The van der Waals surface area contributed by atoms with Gasteiger partial charge in [-0.1, -0.05) is 33.1 Å². The minimum atomic E-state index is -0.0176. The number of methoxy groups -OCH3 is 1. The summed E-state index contributed by atoms with van der Waals surface area (Å²) in [4.78, 5) is 0. The minimum Gasteiger partial charge on any atom is -0.377 e. The van der Waals surface area contributed by atoms with Gasteiger partial charge in [0.1, 0.15) is 0 Å². The molecular formula is C17H33NO. The van der Waals surface area contributed by atoms with E-state index in [1.807, 2.05) is 7.11 Å². The Bertz CT molecular complexity index is 262. The zero-order valence-electron chi connectivity index (χ0n) is 13.2. The van der Waals surface area contributed by atoms with Crippen LogP contribution in [-0.2, 0) is 4.74 Å². The van der Waals surface area contributed by atoms with Gasteiger partial charge in [-0.2, -0.15) is 0 Å². The van der Waals surface area contributed by atoms with Gasteiger partial charge in [-0.25, -0.2) is 0 Å². The number of hydrogen-bond donors (Lipinski definition) is 1. The third kappa shape index (κ3) is 3.33. The number of nitrogens with two attached hydrogens (primary N) is 1. The first-order valence-electron chi connectivity index (χ1n) is 8.42. The van der Waals surface area contributed by atoms with E-state index in [2.05, 4.69) is 13.8 Å². The first-order chi connectivity index (χ1) is 9.11. The molecule has 0 saturated heterocycles. The van der Waals surface area contributed by atoms with Crippen molar-refractivity contribution in [2.75, 3.05) is 7.11 Å². The predicted molar refractivity (Wildman–Crippen MR) is 81.1 cm³/mol. The number of ether oxygens (including phenoxy) is 1. The molecule has 0 aromatic carbocycles. The molecule has 19 heavy (non-hydrogen) atoms. The minimum absolute atomic E-state index is 0.0176. The van der Waals surface area contributed by atoms with Crippen LogP contribution in [0.4, 0.5) is 0 Å². The van der Waals surface area contributed by atoms with E-state index >= 15 is 0 Å². The van der Waals surface area contributed by atoms with E-state index in [9.17, 15) is 0 Å². The lowest BCUT2D eigenvalue weighted by Gasteiger charge is -2.46. The van der Waals surface area contributed by atoms with Crippen LogP contribution < -0.4 is 5.73 Å². The van der Waals surface area contributed by atoms with Gasteiger partial charge in [-0.15, -0.1) is 0 Å². The quantitative estimate of drug-likeness (QED) is 0.831. The van der Waals surface area contributed by atoms with E-state index in [0.717, 1.165) is 11.8 Å². The first-order valence-corrected chi connectivity index (χ1v) is 8.42. The number of rotatable bonds is 4. The fourth-order valence-corrected chi connectivity index (χ4v) is 4.31.